The minimum Gasteiger partial charge on any atom is -0.463 e. The summed E-state index contributed by atoms with van der Waals surface area (Å²) in [5.74, 6) is 1.67. The van der Waals surface area contributed by atoms with Crippen LogP contribution in [0.4, 0.5) is 22.5 Å². The largest absolute Gasteiger partial charge is 0.463 e. The Bertz CT molecular complexity index is 1350. The third-order valence-corrected chi connectivity index (χ3v) is 8.42. The Labute approximate surface area is 248 Å². The summed E-state index contributed by atoms with van der Waals surface area (Å²) in [7, 11) is 0. The minimum absolute atomic E-state index is 0.136. The number of para-hydroxylation sites is 1. The Morgan fingerprint density at radius 2 is 2.00 bits per heavy atom. The van der Waals surface area contributed by atoms with Gasteiger partial charge in [0.25, 0.3) is 5.91 Å². The van der Waals surface area contributed by atoms with E-state index in [-0.39, 0.29) is 17.9 Å². The Kier molecular flexibility index (Phi) is 9.65. The number of aryl methyl sites for hydroxylation is 2. The number of piperazine rings is 1. The highest BCUT2D eigenvalue weighted by molar-refractivity contribution is 7.17. The third kappa shape index (κ3) is 7.70. The SMILES string of the molecule is Cc1nc(Nc2ncc(C(=O)Nc3c(C)cccc3Cl)s2)cc(N2CCN(CCOC(=O)[C@H]3CCCCN3)CC2)n1. The number of piperidine rings is 1. The van der Waals surface area contributed by atoms with E-state index in [2.05, 4.69) is 40.7 Å². The van der Waals surface area contributed by atoms with Crippen LogP contribution in [-0.4, -0.2) is 83.6 Å². The zero-order valence-electron chi connectivity index (χ0n) is 23.3. The lowest BCUT2D eigenvalue weighted by atomic mass is 10.1. The maximum Gasteiger partial charge on any atom is 0.323 e. The number of benzene rings is 1. The van der Waals surface area contributed by atoms with Crippen molar-refractivity contribution in [2.75, 3.05) is 61.4 Å². The Morgan fingerprint density at radius 3 is 2.76 bits per heavy atom. The van der Waals surface area contributed by atoms with Crippen molar-refractivity contribution in [2.45, 2.75) is 39.2 Å². The van der Waals surface area contributed by atoms with Crippen LogP contribution in [0.25, 0.3) is 0 Å². The van der Waals surface area contributed by atoms with Gasteiger partial charge in [-0.2, -0.15) is 0 Å². The van der Waals surface area contributed by atoms with Crippen LogP contribution in [0.15, 0.2) is 30.5 Å². The fourth-order valence-corrected chi connectivity index (χ4v) is 5.91. The molecule has 0 bridgehead atoms. The number of rotatable bonds is 9. The molecule has 3 aromatic rings. The quantitative estimate of drug-likeness (QED) is 0.311. The van der Waals surface area contributed by atoms with Gasteiger partial charge >= 0.3 is 5.97 Å². The number of anilines is 4. The summed E-state index contributed by atoms with van der Waals surface area (Å²) in [4.78, 5) is 43.6. The molecule has 4 heterocycles. The highest BCUT2D eigenvalue weighted by Crippen LogP contribution is 2.28. The zero-order valence-corrected chi connectivity index (χ0v) is 24.9. The summed E-state index contributed by atoms with van der Waals surface area (Å²) in [5, 5.41) is 10.4. The van der Waals surface area contributed by atoms with E-state index in [1.807, 2.05) is 32.0 Å². The number of hydrogen-bond donors (Lipinski definition) is 3. The first-order valence-corrected chi connectivity index (χ1v) is 15.1. The predicted molar refractivity (Wildman–Crippen MR) is 162 cm³/mol. The van der Waals surface area contributed by atoms with Crippen molar-refractivity contribution in [1.82, 2.24) is 25.2 Å². The Hall–Kier alpha value is -3.32. The van der Waals surface area contributed by atoms with Gasteiger partial charge in [0, 0.05) is 38.8 Å². The van der Waals surface area contributed by atoms with Crippen LogP contribution in [0, 0.1) is 13.8 Å². The molecule has 2 aromatic heterocycles. The van der Waals surface area contributed by atoms with E-state index in [1.54, 1.807) is 6.07 Å². The molecule has 3 N–H and O–H groups in total. The van der Waals surface area contributed by atoms with Crippen molar-refractivity contribution in [3.63, 3.8) is 0 Å². The smallest absolute Gasteiger partial charge is 0.323 e. The highest BCUT2D eigenvalue weighted by Gasteiger charge is 2.23. The van der Waals surface area contributed by atoms with E-state index in [0.717, 1.165) is 69.9 Å². The first-order chi connectivity index (χ1) is 19.9. The van der Waals surface area contributed by atoms with E-state index in [9.17, 15) is 9.59 Å². The first kappa shape index (κ1) is 29.2. The maximum atomic E-state index is 12.8. The number of nitrogens with zero attached hydrogens (tertiary/aromatic N) is 5. The van der Waals surface area contributed by atoms with E-state index in [1.165, 1.54) is 17.5 Å². The van der Waals surface area contributed by atoms with E-state index >= 15 is 0 Å². The highest BCUT2D eigenvalue weighted by atomic mass is 35.5. The number of nitrogens with one attached hydrogen (secondary N) is 3. The van der Waals surface area contributed by atoms with Crippen LogP contribution in [0.5, 0.6) is 0 Å². The normalized spacial score (nSPS) is 17.7. The van der Waals surface area contributed by atoms with Gasteiger partial charge in [0.05, 0.1) is 16.9 Å². The van der Waals surface area contributed by atoms with Crippen molar-refractivity contribution in [3.8, 4) is 0 Å². The lowest BCUT2D eigenvalue weighted by Crippen LogP contribution is -2.48. The van der Waals surface area contributed by atoms with Crippen LogP contribution < -0.4 is 20.9 Å². The monoisotopic (exact) mass is 598 g/mol. The topological polar surface area (TPSA) is 125 Å². The van der Waals surface area contributed by atoms with Crippen LogP contribution >= 0.6 is 22.9 Å². The van der Waals surface area contributed by atoms with Gasteiger partial charge in [0.15, 0.2) is 5.13 Å². The van der Waals surface area contributed by atoms with Crippen molar-refractivity contribution < 1.29 is 14.3 Å². The second-order valence-corrected chi connectivity index (χ2v) is 11.6. The van der Waals surface area contributed by atoms with Gasteiger partial charge in [0.1, 0.15) is 35.0 Å². The second kappa shape index (κ2) is 13.6. The van der Waals surface area contributed by atoms with Crippen molar-refractivity contribution >= 4 is 57.3 Å². The maximum absolute atomic E-state index is 12.8. The van der Waals surface area contributed by atoms with Gasteiger partial charge in [-0.1, -0.05) is 41.5 Å². The zero-order chi connectivity index (χ0) is 28.8. The van der Waals surface area contributed by atoms with E-state index in [4.69, 9.17) is 16.3 Å². The molecule has 2 fully saturated rings. The van der Waals surface area contributed by atoms with Crippen LogP contribution in [0.1, 0.15) is 40.3 Å². The molecule has 0 aliphatic carbocycles. The van der Waals surface area contributed by atoms with Gasteiger partial charge in [-0.15, -0.1) is 0 Å². The number of ether oxygens (including phenoxy) is 1. The fraction of sp³-hybridized carbons (Fsp3) is 0.464. The Balaban J connectivity index is 1.12. The standard InChI is InChI=1S/C28H35ClN8O3S/c1-18-6-5-7-20(29)25(18)35-26(38)22-17-31-28(41-22)34-23-16-24(33-19(2)32-23)37-12-10-36(11-13-37)14-15-40-27(39)21-8-3-4-9-30-21/h5-7,16-17,21,30H,3-4,8-15H2,1-2H3,(H,35,38)(H,31,32,33,34)/t21-/m1/s1. The van der Waals surface area contributed by atoms with Crippen LogP contribution in [0.2, 0.25) is 5.02 Å². The van der Waals surface area contributed by atoms with E-state index < -0.39 is 0 Å². The average molecular weight is 599 g/mol. The van der Waals surface area contributed by atoms with Crippen molar-refractivity contribution in [1.29, 1.82) is 0 Å². The molecule has 1 amide bonds. The summed E-state index contributed by atoms with van der Waals surface area (Å²) in [6.45, 7) is 9.06. The summed E-state index contributed by atoms with van der Waals surface area (Å²) < 4.78 is 5.52. The van der Waals surface area contributed by atoms with E-state index in [0.29, 0.717) is 39.0 Å². The molecular formula is C28H35ClN8O3S. The Morgan fingerprint density at radius 1 is 1.17 bits per heavy atom. The number of esters is 1. The number of thiazole rings is 1. The molecule has 2 aliphatic heterocycles. The van der Waals surface area contributed by atoms with Crippen LogP contribution in [0.3, 0.4) is 0 Å². The molecule has 2 saturated heterocycles. The summed E-state index contributed by atoms with van der Waals surface area (Å²) >= 11 is 7.49. The van der Waals surface area contributed by atoms with Gasteiger partial charge in [-0.05, 0) is 44.9 Å². The lowest BCUT2D eigenvalue weighted by Gasteiger charge is -2.35. The number of aromatic nitrogens is 3. The molecule has 218 valence electrons. The number of hydrogen-bond acceptors (Lipinski definition) is 11. The average Bonchev–Trinajstić information content (AvgIpc) is 3.44. The molecule has 0 unspecified atom stereocenters. The first-order valence-electron chi connectivity index (χ1n) is 13.9. The number of carbonyl (C=O) groups excluding carboxylic acids is 2. The molecule has 2 aliphatic rings. The molecule has 11 nitrogen and oxygen atoms in total. The number of halogens is 1. The third-order valence-electron chi connectivity index (χ3n) is 7.19. The van der Waals surface area contributed by atoms with Crippen molar-refractivity contribution in [2.24, 2.45) is 0 Å². The van der Waals surface area contributed by atoms with Gasteiger partial charge in [-0.25, -0.2) is 15.0 Å². The van der Waals surface area contributed by atoms with Crippen molar-refractivity contribution in [3.05, 3.63) is 51.7 Å². The van der Waals surface area contributed by atoms with Crippen LogP contribution in [-0.2, 0) is 9.53 Å². The molecule has 0 saturated carbocycles. The number of carbonyl (C=O) groups is 2. The molecule has 5 rings (SSSR count). The summed E-state index contributed by atoms with van der Waals surface area (Å²) in [6, 6.07) is 7.22. The summed E-state index contributed by atoms with van der Waals surface area (Å²) in [6.07, 6.45) is 4.58. The van der Waals surface area contributed by atoms with Gasteiger partial charge < -0.3 is 25.6 Å². The van der Waals surface area contributed by atoms with Gasteiger partial charge in [-0.3, -0.25) is 14.5 Å². The van der Waals surface area contributed by atoms with Gasteiger partial charge in [0.2, 0.25) is 0 Å². The molecule has 1 atom stereocenters. The molecule has 13 heteroatoms. The summed E-state index contributed by atoms with van der Waals surface area (Å²) in [5.41, 5.74) is 1.48. The minimum atomic E-state index is -0.274. The molecular weight excluding hydrogens is 564 g/mol. The number of amides is 1. The second-order valence-electron chi connectivity index (χ2n) is 10.2. The molecule has 41 heavy (non-hydrogen) atoms. The lowest BCUT2D eigenvalue weighted by molar-refractivity contribution is -0.147. The molecule has 0 radical (unpaired) electrons. The fourth-order valence-electron chi connectivity index (χ4n) is 4.92. The molecule has 0 spiro atoms. The molecule has 1 aromatic carbocycles. The predicted octanol–water partition coefficient (Wildman–Crippen LogP) is 4.01.